The molecular formula is C70H135NO5. The average molecular weight is 1070 g/mol. The molecule has 0 spiro atoms. The molecule has 0 fully saturated rings. The lowest BCUT2D eigenvalue weighted by Crippen LogP contribution is -2.45. The summed E-state index contributed by atoms with van der Waals surface area (Å²) in [6, 6.07) is -0.540. The van der Waals surface area contributed by atoms with Gasteiger partial charge in [0, 0.05) is 12.8 Å². The summed E-state index contributed by atoms with van der Waals surface area (Å²) >= 11 is 0. The second-order valence-corrected chi connectivity index (χ2v) is 23.9. The second-order valence-electron chi connectivity index (χ2n) is 23.9. The molecule has 6 heteroatoms. The summed E-state index contributed by atoms with van der Waals surface area (Å²) in [5, 5.41) is 23.3. The van der Waals surface area contributed by atoms with Crippen molar-refractivity contribution in [3.8, 4) is 0 Å². The smallest absolute Gasteiger partial charge is 0.305 e. The number of hydrogen-bond donors (Lipinski definition) is 3. The predicted molar refractivity (Wildman–Crippen MR) is 333 cm³/mol. The average Bonchev–Trinajstić information content (AvgIpc) is 3.42. The van der Waals surface area contributed by atoms with Crippen molar-refractivity contribution >= 4 is 11.9 Å². The number of carbonyl (C=O) groups excluding carboxylic acids is 2. The molecule has 0 rings (SSSR count). The van der Waals surface area contributed by atoms with Gasteiger partial charge < -0.3 is 20.3 Å². The van der Waals surface area contributed by atoms with Crippen molar-refractivity contribution in [2.45, 2.75) is 398 Å². The number of nitrogens with one attached hydrogen (secondary N) is 1. The SMILES string of the molecule is CCCCCCCCCCCCCCCCCC(O)C(CO)NC(=O)CCCCCCCCCCCCCCCCC/C=C\C/C=C\CCCCCCCCCCCOC(=O)CCCCCCCCCCCCCCC. The summed E-state index contributed by atoms with van der Waals surface area (Å²) in [6.45, 7) is 4.98. The largest absolute Gasteiger partial charge is 0.466 e. The van der Waals surface area contributed by atoms with E-state index in [0.29, 0.717) is 25.9 Å². The van der Waals surface area contributed by atoms with Crippen LogP contribution in [0.2, 0.25) is 0 Å². The third-order valence-corrected chi connectivity index (χ3v) is 16.3. The number of hydrogen-bond acceptors (Lipinski definition) is 5. The maximum Gasteiger partial charge on any atom is 0.305 e. The molecule has 0 radical (unpaired) electrons. The molecule has 1 amide bonds. The molecule has 0 aromatic heterocycles. The van der Waals surface area contributed by atoms with E-state index in [4.69, 9.17) is 4.74 Å². The van der Waals surface area contributed by atoms with Crippen LogP contribution in [0.25, 0.3) is 0 Å². The molecule has 0 aromatic carbocycles. The van der Waals surface area contributed by atoms with Gasteiger partial charge in [0.05, 0.1) is 25.4 Å². The molecule has 2 atom stereocenters. The van der Waals surface area contributed by atoms with E-state index in [0.717, 1.165) is 44.9 Å². The van der Waals surface area contributed by atoms with Gasteiger partial charge in [0.25, 0.3) is 0 Å². The van der Waals surface area contributed by atoms with Crippen LogP contribution >= 0.6 is 0 Å². The zero-order chi connectivity index (χ0) is 55.0. The Hall–Kier alpha value is -1.66. The highest BCUT2D eigenvalue weighted by Crippen LogP contribution is 2.19. The van der Waals surface area contributed by atoms with E-state index < -0.39 is 12.1 Å². The van der Waals surface area contributed by atoms with Crippen LogP contribution in [0.1, 0.15) is 386 Å². The maximum atomic E-state index is 12.5. The van der Waals surface area contributed by atoms with Gasteiger partial charge in [-0.3, -0.25) is 9.59 Å². The number of ether oxygens (including phenoxy) is 1. The molecule has 0 saturated carbocycles. The fourth-order valence-corrected chi connectivity index (χ4v) is 11.0. The van der Waals surface area contributed by atoms with Crippen molar-refractivity contribution < 1.29 is 24.5 Å². The van der Waals surface area contributed by atoms with Crippen LogP contribution < -0.4 is 5.32 Å². The standard InChI is InChI=1S/C70H135NO5/c1-3-5-7-9-11-13-15-17-35-39-42-46-50-54-58-62-68(73)67(66-72)71-69(74)63-59-55-51-47-43-40-36-33-31-29-27-25-23-21-19-18-20-22-24-26-28-30-32-34-37-41-45-49-53-57-61-65-76-70(75)64-60-56-52-48-44-38-16-14-12-10-8-6-4-2/h20,22,26,28,67-68,72-73H,3-19,21,23-25,27,29-66H2,1-2H3,(H,71,74)/b22-20-,28-26-. The molecule has 3 N–H and O–H groups in total. The van der Waals surface area contributed by atoms with E-state index in [2.05, 4.69) is 43.5 Å². The number of allylic oxidation sites excluding steroid dienone is 4. The highest BCUT2D eigenvalue weighted by molar-refractivity contribution is 5.76. The Morgan fingerprint density at radius 3 is 1.00 bits per heavy atom. The van der Waals surface area contributed by atoms with Crippen LogP contribution in [0.4, 0.5) is 0 Å². The molecule has 0 aliphatic carbocycles. The molecule has 76 heavy (non-hydrogen) atoms. The molecular weight excluding hydrogens is 935 g/mol. The minimum atomic E-state index is -0.663. The van der Waals surface area contributed by atoms with E-state index in [1.807, 2.05) is 0 Å². The normalized spacial score (nSPS) is 12.6. The van der Waals surface area contributed by atoms with Gasteiger partial charge in [-0.2, -0.15) is 0 Å². The van der Waals surface area contributed by atoms with Crippen LogP contribution in [0.3, 0.4) is 0 Å². The second kappa shape index (κ2) is 65.9. The van der Waals surface area contributed by atoms with Gasteiger partial charge in [-0.25, -0.2) is 0 Å². The Kier molecular flexibility index (Phi) is 64.4. The van der Waals surface area contributed by atoms with Crippen molar-refractivity contribution in [3.05, 3.63) is 24.3 Å². The van der Waals surface area contributed by atoms with Gasteiger partial charge in [0.1, 0.15) is 0 Å². The number of unbranched alkanes of at least 4 members (excludes halogenated alkanes) is 50. The minimum absolute atomic E-state index is 0.0153. The first-order chi connectivity index (χ1) is 37.5. The Bertz CT molecular complexity index is 1190. The highest BCUT2D eigenvalue weighted by atomic mass is 16.5. The summed E-state index contributed by atoms with van der Waals surface area (Å²) in [5.41, 5.74) is 0. The number of carbonyl (C=O) groups is 2. The van der Waals surface area contributed by atoms with E-state index in [-0.39, 0.29) is 18.5 Å². The molecule has 450 valence electrons. The monoisotopic (exact) mass is 1070 g/mol. The fraction of sp³-hybridized carbons (Fsp3) is 0.914. The first-order valence-electron chi connectivity index (χ1n) is 34.6. The van der Waals surface area contributed by atoms with E-state index >= 15 is 0 Å². The number of rotatable bonds is 65. The molecule has 0 heterocycles. The molecule has 0 aliphatic rings. The zero-order valence-corrected chi connectivity index (χ0v) is 51.5. The fourth-order valence-electron chi connectivity index (χ4n) is 11.0. The van der Waals surface area contributed by atoms with Crippen LogP contribution in [0.5, 0.6) is 0 Å². The first kappa shape index (κ1) is 74.3. The summed E-state index contributed by atoms with van der Waals surface area (Å²) in [4.78, 5) is 24.5. The van der Waals surface area contributed by atoms with Crippen molar-refractivity contribution in [1.29, 1.82) is 0 Å². The summed E-state index contributed by atoms with van der Waals surface area (Å²) in [6.07, 6.45) is 82.2. The number of aliphatic hydroxyl groups is 2. The van der Waals surface area contributed by atoms with Crippen LogP contribution in [-0.4, -0.2) is 47.4 Å². The van der Waals surface area contributed by atoms with E-state index in [1.165, 1.54) is 308 Å². The van der Waals surface area contributed by atoms with Gasteiger partial charge in [-0.15, -0.1) is 0 Å². The Morgan fingerprint density at radius 1 is 0.368 bits per heavy atom. The summed E-state index contributed by atoms with van der Waals surface area (Å²) < 4.78 is 5.48. The Labute approximate surface area is 475 Å². The van der Waals surface area contributed by atoms with E-state index in [9.17, 15) is 19.8 Å². The Morgan fingerprint density at radius 2 is 0.658 bits per heavy atom. The van der Waals surface area contributed by atoms with Gasteiger partial charge in [0.15, 0.2) is 0 Å². The van der Waals surface area contributed by atoms with Crippen molar-refractivity contribution in [2.75, 3.05) is 13.2 Å². The molecule has 0 aliphatic heterocycles. The number of aliphatic hydroxyl groups excluding tert-OH is 2. The van der Waals surface area contributed by atoms with Crippen LogP contribution in [0, 0.1) is 0 Å². The predicted octanol–water partition coefficient (Wildman–Crippen LogP) is 22.1. The van der Waals surface area contributed by atoms with Gasteiger partial charge in [-0.1, -0.05) is 340 Å². The molecule has 0 saturated heterocycles. The quantitative estimate of drug-likeness (QED) is 0.0320. The topological polar surface area (TPSA) is 95.9 Å². The molecule has 6 nitrogen and oxygen atoms in total. The lowest BCUT2D eigenvalue weighted by atomic mass is 10.0. The van der Waals surface area contributed by atoms with Crippen LogP contribution in [0.15, 0.2) is 24.3 Å². The molecule has 0 aromatic rings. The summed E-state index contributed by atoms with van der Waals surface area (Å²) in [7, 11) is 0. The number of esters is 1. The van der Waals surface area contributed by atoms with Gasteiger partial charge >= 0.3 is 5.97 Å². The summed E-state index contributed by atoms with van der Waals surface area (Å²) in [5.74, 6) is -0.0163. The Balaban J connectivity index is 3.38. The third kappa shape index (κ3) is 61.6. The van der Waals surface area contributed by atoms with Crippen LogP contribution in [-0.2, 0) is 14.3 Å². The zero-order valence-electron chi connectivity index (χ0n) is 51.5. The molecule has 2 unspecified atom stereocenters. The highest BCUT2D eigenvalue weighted by Gasteiger charge is 2.20. The maximum absolute atomic E-state index is 12.5. The van der Waals surface area contributed by atoms with Crippen molar-refractivity contribution in [1.82, 2.24) is 5.32 Å². The van der Waals surface area contributed by atoms with Gasteiger partial charge in [0.2, 0.25) is 5.91 Å². The lowest BCUT2D eigenvalue weighted by Gasteiger charge is -2.22. The lowest BCUT2D eigenvalue weighted by molar-refractivity contribution is -0.143. The molecule has 0 bridgehead atoms. The third-order valence-electron chi connectivity index (χ3n) is 16.3. The van der Waals surface area contributed by atoms with Crippen molar-refractivity contribution in [2.24, 2.45) is 0 Å². The first-order valence-corrected chi connectivity index (χ1v) is 34.6. The number of amides is 1. The van der Waals surface area contributed by atoms with Gasteiger partial charge in [-0.05, 0) is 57.8 Å². The van der Waals surface area contributed by atoms with Crippen molar-refractivity contribution in [3.63, 3.8) is 0 Å². The minimum Gasteiger partial charge on any atom is -0.466 e. The van der Waals surface area contributed by atoms with E-state index in [1.54, 1.807) is 0 Å².